The van der Waals surface area contributed by atoms with Crippen molar-refractivity contribution in [1.82, 2.24) is 9.80 Å². The number of rotatable bonds is 12. The van der Waals surface area contributed by atoms with Crippen LogP contribution in [0.4, 0.5) is 10.5 Å². The highest BCUT2D eigenvalue weighted by molar-refractivity contribution is 5.91. The van der Waals surface area contributed by atoms with Crippen molar-refractivity contribution in [3.63, 3.8) is 0 Å². The van der Waals surface area contributed by atoms with Gasteiger partial charge < -0.3 is 19.9 Å². The van der Waals surface area contributed by atoms with Crippen molar-refractivity contribution in [2.45, 2.75) is 25.9 Å². The summed E-state index contributed by atoms with van der Waals surface area (Å²) in [6.07, 6.45) is 0.981. The van der Waals surface area contributed by atoms with Gasteiger partial charge in [-0.1, -0.05) is 103 Å². The molecule has 1 N–H and O–H groups in total. The number of nitrogens with zero attached hydrogens (tertiary/aromatic N) is 2. The van der Waals surface area contributed by atoms with E-state index in [1.807, 2.05) is 95.9 Å². The summed E-state index contributed by atoms with van der Waals surface area (Å²) in [5.74, 6) is 0.592. The number of benzene rings is 4. The van der Waals surface area contributed by atoms with Gasteiger partial charge in [0.15, 0.2) is 0 Å². The highest BCUT2D eigenvalue weighted by Crippen LogP contribution is 2.24. The van der Waals surface area contributed by atoms with Crippen LogP contribution in [0, 0.1) is 0 Å². The van der Waals surface area contributed by atoms with Gasteiger partial charge in [-0.2, -0.15) is 0 Å². The van der Waals surface area contributed by atoms with E-state index in [0.29, 0.717) is 31.1 Å². The fourth-order valence-electron chi connectivity index (χ4n) is 4.39. The van der Waals surface area contributed by atoms with Gasteiger partial charge in [0.05, 0.1) is 12.8 Å². The van der Waals surface area contributed by atoms with E-state index in [9.17, 15) is 9.59 Å². The van der Waals surface area contributed by atoms with Crippen LogP contribution in [0.2, 0.25) is 0 Å². The summed E-state index contributed by atoms with van der Waals surface area (Å²) in [7, 11) is 1.57. The standard InChI is InChI=1S/C33H35N3O3/c1-39-31-20-12-11-19-30(31)34-33(38)36(26-29-17-9-4-10-18-29)24-22-32(37)35(25-28-15-7-3-8-16-28)23-21-27-13-5-2-6-14-27/h2-20H,21-26H2,1H3,(H,34,38). The summed E-state index contributed by atoms with van der Waals surface area (Å²) in [6.45, 7) is 1.80. The molecule has 0 aliphatic heterocycles. The highest BCUT2D eigenvalue weighted by atomic mass is 16.5. The molecule has 4 aromatic carbocycles. The lowest BCUT2D eigenvalue weighted by atomic mass is 10.1. The van der Waals surface area contributed by atoms with Crippen LogP contribution in [-0.2, 0) is 24.3 Å². The van der Waals surface area contributed by atoms with Gasteiger partial charge in [-0.25, -0.2) is 4.79 Å². The zero-order valence-corrected chi connectivity index (χ0v) is 22.3. The number of hydrogen-bond acceptors (Lipinski definition) is 3. The summed E-state index contributed by atoms with van der Waals surface area (Å²) in [4.78, 5) is 30.5. The molecule has 3 amide bonds. The van der Waals surface area contributed by atoms with E-state index in [4.69, 9.17) is 4.74 Å². The minimum Gasteiger partial charge on any atom is -0.495 e. The van der Waals surface area contributed by atoms with Gasteiger partial charge in [-0.15, -0.1) is 0 Å². The molecule has 6 heteroatoms. The largest absolute Gasteiger partial charge is 0.495 e. The van der Waals surface area contributed by atoms with Crippen LogP contribution in [0.5, 0.6) is 5.75 Å². The van der Waals surface area contributed by atoms with Crippen molar-refractivity contribution in [1.29, 1.82) is 0 Å². The molecular weight excluding hydrogens is 486 g/mol. The van der Waals surface area contributed by atoms with Crippen molar-refractivity contribution in [2.75, 3.05) is 25.5 Å². The lowest BCUT2D eigenvalue weighted by Crippen LogP contribution is -2.39. The molecule has 0 saturated carbocycles. The fourth-order valence-corrected chi connectivity index (χ4v) is 4.39. The number of ether oxygens (including phenoxy) is 1. The first-order valence-corrected chi connectivity index (χ1v) is 13.2. The molecule has 0 atom stereocenters. The first-order valence-electron chi connectivity index (χ1n) is 13.2. The zero-order chi connectivity index (χ0) is 27.3. The quantitative estimate of drug-likeness (QED) is 0.235. The van der Waals surface area contributed by atoms with E-state index in [1.54, 1.807) is 24.1 Å². The van der Waals surface area contributed by atoms with Gasteiger partial charge in [-0.05, 0) is 35.2 Å². The van der Waals surface area contributed by atoms with E-state index in [-0.39, 0.29) is 24.9 Å². The maximum atomic E-state index is 13.6. The number of hydrogen-bond donors (Lipinski definition) is 1. The number of para-hydroxylation sites is 2. The molecule has 0 saturated heterocycles. The zero-order valence-electron chi connectivity index (χ0n) is 22.3. The number of anilines is 1. The van der Waals surface area contributed by atoms with Crippen LogP contribution in [0.3, 0.4) is 0 Å². The molecule has 4 aromatic rings. The summed E-state index contributed by atoms with van der Waals surface area (Å²) in [5.41, 5.74) is 3.84. The molecule has 0 radical (unpaired) electrons. The molecule has 0 fully saturated rings. The lowest BCUT2D eigenvalue weighted by molar-refractivity contribution is -0.132. The second-order valence-electron chi connectivity index (χ2n) is 9.32. The average molecular weight is 522 g/mol. The van der Waals surface area contributed by atoms with Gasteiger partial charge >= 0.3 is 6.03 Å². The highest BCUT2D eigenvalue weighted by Gasteiger charge is 2.20. The maximum Gasteiger partial charge on any atom is 0.322 e. The molecular formula is C33H35N3O3. The van der Waals surface area contributed by atoms with Crippen LogP contribution in [0.15, 0.2) is 115 Å². The number of nitrogens with one attached hydrogen (secondary N) is 1. The summed E-state index contributed by atoms with van der Waals surface area (Å²) in [6, 6.07) is 37.0. The Hall–Kier alpha value is -4.58. The van der Waals surface area contributed by atoms with Crippen LogP contribution < -0.4 is 10.1 Å². The van der Waals surface area contributed by atoms with E-state index in [2.05, 4.69) is 17.4 Å². The third kappa shape index (κ3) is 8.47. The Kier molecular flexibility index (Phi) is 10.1. The van der Waals surface area contributed by atoms with Crippen molar-refractivity contribution >= 4 is 17.6 Å². The molecule has 39 heavy (non-hydrogen) atoms. The van der Waals surface area contributed by atoms with Crippen LogP contribution in [0.1, 0.15) is 23.1 Å². The van der Waals surface area contributed by atoms with Crippen molar-refractivity contribution in [3.8, 4) is 5.75 Å². The molecule has 0 unspecified atom stereocenters. The number of carbonyl (C=O) groups is 2. The Morgan fingerprint density at radius 2 is 1.15 bits per heavy atom. The monoisotopic (exact) mass is 521 g/mol. The summed E-state index contributed by atoms with van der Waals surface area (Å²) < 4.78 is 5.40. The molecule has 0 heterocycles. The van der Waals surface area contributed by atoms with E-state index in [1.165, 1.54) is 5.56 Å². The number of urea groups is 1. The van der Waals surface area contributed by atoms with Gasteiger partial charge in [0.1, 0.15) is 5.75 Å². The Balaban J connectivity index is 1.47. The molecule has 0 bridgehead atoms. The van der Waals surface area contributed by atoms with E-state index >= 15 is 0 Å². The second-order valence-corrected chi connectivity index (χ2v) is 9.32. The first-order chi connectivity index (χ1) is 19.1. The summed E-state index contributed by atoms with van der Waals surface area (Å²) >= 11 is 0. The molecule has 0 aliphatic carbocycles. The topological polar surface area (TPSA) is 61.9 Å². The lowest BCUT2D eigenvalue weighted by Gasteiger charge is -2.27. The predicted octanol–water partition coefficient (Wildman–Crippen LogP) is 6.39. The second kappa shape index (κ2) is 14.4. The van der Waals surface area contributed by atoms with Gasteiger partial charge in [0.25, 0.3) is 0 Å². The number of methoxy groups -OCH3 is 1. The van der Waals surface area contributed by atoms with E-state index < -0.39 is 0 Å². The minimum absolute atomic E-state index is 0.0120. The average Bonchev–Trinajstić information content (AvgIpc) is 2.99. The minimum atomic E-state index is -0.282. The molecule has 6 nitrogen and oxygen atoms in total. The van der Waals surface area contributed by atoms with Crippen molar-refractivity contribution in [2.24, 2.45) is 0 Å². The molecule has 200 valence electrons. The molecule has 0 spiro atoms. The van der Waals surface area contributed by atoms with Gasteiger partial charge in [-0.3, -0.25) is 4.79 Å². The number of carbonyl (C=O) groups excluding carboxylic acids is 2. The first kappa shape index (κ1) is 27.5. The molecule has 4 rings (SSSR count). The summed E-state index contributed by atoms with van der Waals surface area (Å²) in [5, 5.41) is 2.96. The van der Waals surface area contributed by atoms with Crippen LogP contribution >= 0.6 is 0 Å². The number of amides is 3. The Bertz CT molecular complexity index is 1310. The normalized spacial score (nSPS) is 10.5. The maximum absolute atomic E-state index is 13.6. The van der Waals surface area contributed by atoms with Gasteiger partial charge in [0.2, 0.25) is 5.91 Å². The van der Waals surface area contributed by atoms with E-state index in [0.717, 1.165) is 17.5 Å². The Morgan fingerprint density at radius 3 is 1.74 bits per heavy atom. The smallest absolute Gasteiger partial charge is 0.322 e. The Labute approximate surface area is 230 Å². The molecule has 0 aromatic heterocycles. The molecule has 0 aliphatic rings. The van der Waals surface area contributed by atoms with Crippen molar-refractivity contribution < 1.29 is 14.3 Å². The van der Waals surface area contributed by atoms with Crippen LogP contribution in [0.25, 0.3) is 0 Å². The van der Waals surface area contributed by atoms with Crippen molar-refractivity contribution in [3.05, 3.63) is 132 Å². The SMILES string of the molecule is COc1ccccc1NC(=O)N(CCC(=O)N(CCc1ccccc1)Cc1ccccc1)Cc1ccccc1. The third-order valence-electron chi connectivity index (χ3n) is 6.53. The Morgan fingerprint density at radius 1 is 0.641 bits per heavy atom. The van der Waals surface area contributed by atoms with Crippen LogP contribution in [-0.4, -0.2) is 41.9 Å². The van der Waals surface area contributed by atoms with Gasteiger partial charge in [0, 0.05) is 32.6 Å². The third-order valence-corrected chi connectivity index (χ3v) is 6.53. The fraction of sp³-hybridized carbons (Fsp3) is 0.212. The predicted molar refractivity (Wildman–Crippen MR) is 155 cm³/mol.